The zero-order valence-electron chi connectivity index (χ0n) is 62.4. The molecule has 2 bridgehead atoms. The van der Waals surface area contributed by atoms with Crippen LogP contribution in [0.25, 0.3) is 0 Å². The molecular weight excluding hydrogens is 1580 g/mol. The number of Topliss-reactive ketones (excluding diaryl/α,β-unsaturated/α-hetero) is 2. The Labute approximate surface area is 653 Å². The molecule has 4 fully saturated rings. The molecule has 19 atom stereocenters. The number of likely N-dealkylation sites (N-methyl/N-ethyl adjacent to an activating group) is 1. The number of amides is 3. The molecule has 6 aliphatic rings. The van der Waals surface area contributed by atoms with Gasteiger partial charge in [-0.15, -0.1) is 0 Å². The van der Waals surface area contributed by atoms with E-state index in [4.69, 9.17) is 56.9 Å². The standard InChI is InChI=1S/C74H98IN5O25S3/c1-14-80(43(8)84)48-36-98-55(31-52(48)94-11)103-68-63(90)60(79-105-56-30-49(85)69(42(7)99-56)107-70(92)57-38(3)59(75)66(46(34-81)65(57)95-12)104-71-64(91)67(96-13)62(89)41(6)101-71)40(5)100-72(68)102-51-21-17-15-16-18-27-74(93)32-50(86)61(76-54(88)35-82)58(51)47(74)26-29-106-108-73(9,10)33-53(87)78-77-39(4)44-22-24-45(25-23-44)97-28-19-20-37(2)83/h15-16,22-26,40-42,48-49,51-52,55-56,60,62-64,67-69,71-72,79,81-82,85,89-91,93H,14,19-20,28-36H2,1-13H3,(H,76,88)(H,78,87)/b16-15-,47-26+,77-39+/t40?,41?,42?,48-,49+,51-,52+,55-,56-,60+,62-,63+,64?,67-,68?,69+,71-,72-,74?/m0/s1. The second kappa shape index (κ2) is 40.2. The molecule has 8 rings (SSSR count). The summed E-state index contributed by atoms with van der Waals surface area (Å²) in [5, 5.41) is 85.2. The summed E-state index contributed by atoms with van der Waals surface area (Å²) >= 11 is 2.72. The van der Waals surface area contributed by atoms with Gasteiger partial charge in [-0.2, -0.15) is 10.6 Å². The van der Waals surface area contributed by atoms with Gasteiger partial charge in [-0.05, 0) is 139 Å². The number of thioether (sulfide) groups is 1. The van der Waals surface area contributed by atoms with Crippen molar-refractivity contribution in [1.29, 1.82) is 0 Å². The number of hydroxylamine groups is 1. The Morgan fingerprint density at radius 2 is 1.58 bits per heavy atom. The number of ketones is 2. The Bertz CT molecular complexity index is 3790. The number of methoxy groups -OCH3 is 3. The third-order valence-electron chi connectivity index (χ3n) is 18.8. The van der Waals surface area contributed by atoms with Gasteiger partial charge in [0.2, 0.25) is 29.1 Å². The fourth-order valence-electron chi connectivity index (χ4n) is 13.2. The highest BCUT2D eigenvalue weighted by Crippen LogP contribution is 2.46. The first-order valence-corrected chi connectivity index (χ1v) is 39.5. The van der Waals surface area contributed by atoms with Crippen LogP contribution in [0.4, 0.5) is 0 Å². The summed E-state index contributed by atoms with van der Waals surface area (Å²) in [6, 6.07) is 5.42. The Balaban J connectivity index is 1.02. The van der Waals surface area contributed by atoms with Crippen molar-refractivity contribution in [2.24, 2.45) is 5.10 Å². The number of carbonyl (C=O) groups excluding carboxylic acids is 6. The van der Waals surface area contributed by atoms with E-state index in [-0.39, 0.29) is 83.0 Å². The van der Waals surface area contributed by atoms with E-state index in [1.165, 1.54) is 68.9 Å². The van der Waals surface area contributed by atoms with E-state index in [1.54, 1.807) is 57.7 Å². The van der Waals surface area contributed by atoms with Crippen molar-refractivity contribution in [2.75, 3.05) is 53.4 Å². The van der Waals surface area contributed by atoms with Crippen LogP contribution in [0.15, 0.2) is 64.4 Å². The first-order chi connectivity index (χ1) is 51.3. The van der Waals surface area contributed by atoms with E-state index in [2.05, 4.69) is 45.0 Å². The Kier molecular flexibility index (Phi) is 32.7. The van der Waals surface area contributed by atoms with Crippen LogP contribution in [-0.4, -0.2) is 254 Å². The van der Waals surface area contributed by atoms with Gasteiger partial charge in [-0.25, -0.2) is 5.43 Å². The summed E-state index contributed by atoms with van der Waals surface area (Å²) in [7, 11) is 6.75. The van der Waals surface area contributed by atoms with Gasteiger partial charge in [0, 0.05) is 75.0 Å². The molecule has 6 unspecified atom stereocenters. The van der Waals surface area contributed by atoms with E-state index in [0.29, 0.717) is 46.6 Å². The maximum atomic E-state index is 14.6. The molecule has 0 saturated carbocycles. The van der Waals surface area contributed by atoms with Crippen LogP contribution in [0, 0.1) is 34.2 Å². The summed E-state index contributed by atoms with van der Waals surface area (Å²) in [4.78, 5) is 87.6. The molecule has 2 aromatic carbocycles. The molecular formula is C74H98IN5O25S3. The molecule has 108 heavy (non-hydrogen) atoms. The normalized spacial score (nSPS) is 30.8. The number of rotatable bonds is 32. The lowest BCUT2D eigenvalue weighted by Gasteiger charge is -2.47. The van der Waals surface area contributed by atoms with E-state index >= 15 is 0 Å². The molecule has 4 aliphatic heterocycles. The molecule has 0 aromatic heterocycles. The summed E-state index contributed by atoms with van der Waals surface area (Å²) < 4.78 is 67.2. The minimum atomic E-state index is -2.25. The van der Waals surface area contributed by atoms with E-state index in [0.717, 1.165) is 17.3 Å². The van der Waals surface area contributed by atoms with Crippen LogP contribution < -0.4 is 30.4 Å². The van der Waals surface area contributed by atoms with Gasteiger partial charge in [0.05, 0.1) is 107 Å². The number of benzene rings is 2. The number of nitrogens with one attached hydrogen (secondary N) is 3. The first kappa shape index (κ1) is 87.9. The number of hydrogen-bond acceptors (Lipinski definition) is 30. The number of allylic oxidation sites excluding steroid dienone is 3. The summed E-state index contributed by atoms with van der Waals surface area (Å²) in [5.74, 6) is 9.85. The number of carbonyl (C=O) groups is 6. The lowest BCUT2D eigenvalue weighted by molar-refractivity contribution is -0.337. The number of aliphatic hydroxyl groups excluding tert-OH is 6. The summed E-state index contributed by atoms with van der Waals surface area (Å²) in [6.45, 7) is 15.6. The summed E-state index contributed by atoms with van der Waals surface area (Å²) in [6.07, 6.45) is -14.2. The Morgan fingerprint density at radius 1 is 0.870 bits per heavy atom. The number of fused-ring (bicyclic) bond motifs is 2. The number of nitrogens with zero attached hydrogens (tertiary/aromatic N) is 2. The fraction of sp³-hybridized carbons (Fsp3) is 0.608. The second-order valence-electron chi connectivity index (χ2n) is 27.2. The van der Waals surface area contributed by atoms with Gasteiger partial charge in [-0.3, -0.25) is 28.8 Å². The quantitative estimate of drug-likeness (QED) is 0.0124. The predicted octanol–water partition coefficient (Wildman–Crippen LogP) is 3.87. The van der Waals surface area contributed by atoms with Crippen LogP contribution in [0.5, 0.6) is 17.2 Å². The van der Waals surface area contributed by atoms with Crippen LogP contribution in [-0.2, 0) is 73.3 Å². The van der Waals surface area contributed by atoms with Gasteiger partial charge < -0.3 is 103 Å². The SMILES string of the molecule is CCN(C(C)=O)[C@H]1CO[C@@H](OC2[C@H](O[C@H]3C#C/C=C\C#CC4(O)CC(=O)C(NC(=O)CO)=C3/C4=C\CSSC(C)(C)CC(=O)N/N=C(\C)c3ccc(OCCCC(C)=O)cc3)OC(C)[C@@H](NO[C@H]3C[C@@H](O)[C@H](SC(=O)c4c(C)c(I)c(O[C@@H]5OC(C)[C@H](O)[C@H](OC)C5O)c(CO)c4OC)C(C)O3)[C@H]2O)C[C@H]1OC. The van der Waals surface area contributed by atoms with Gasteiger partial charge in [-0.1, -0.05) is 63.1 Å². The summed E-state index contributed by atoms with van der Waals surface area (Å²) in [5.41, 5.74) is 4.47. The minimum absolute atomic E-state index is 0.00940. The molecule has 2 aliphatic carbocycles. The minimum Gasteiger partial charge on any atom is -0.495 e. The van der Waals surface area contributed by atoms with E-state index < -0.39 is 162 Å². The molecule has 10 N–H and O–H groups in total. The number of ether oxygens (including phenoxy) is 11. The van der Waals surface area contributed by atoms with Gasteiger partial charge >= 0.3 is 0 Å². The van der Waals surface area contributed by atoms with Crippen LogP contribution in [0.2, 0.25) is 0 Å². The highest BCUT2D eigenvalue weighted by Gasteiger charge is 2.53. The van der Waals surface area contributed by atoms with Gasteiger partial charge in [0.1, 0.15) is 66.3 Å². The first-order valence-electron chi connectivity index (χ1n) is 35.2. The zero-order chi connectivity index (χ0) is 79.1. The third kappa shape index (κ3) is 22.0. The van der Waals surface area contributed by atoms with Crippen molar-refractivity contribution in [3.05, 3.63) is 85.2 Å². The van der Waals surface area contributed by atoms with Crippen molar-refractivity contribution in [3.63, 3.8) is 0 Å². The van der Waals surface area contributed by atoms with Crippen molar-refractivity contribution >= 4 is 96.1 Å². The number of aliphatic hydroxyl groups is 7. The third-order valence-corrected chi connectivity index (χ3v) is 24.6. The highest BCUT2D eigenvalue weighted by molar-refractivity contribution is 14.1. The molecule has 2 aromatic rings. The maximum Gasteiger partial charge on any atom is 0.250 e. The zero-order valence-corrected chi connectivity index (χ0v) is 67.0. The van der Waals surface area contributed by atoms with E-state index in [9.17, 15) is 64.5 Å². The second-order valence-corrected chi connectivity index (χ2v) is 32.4. The molecule has 594 valence electrons. The average Bonchev–Trinajstić information content (AvgIpc) is 0.755. The van der Waals surface area contributed by atoms with E-state index in [1.807, 2.05) is 55.5 Å². The molecule has 0 radical (unpaired) electrons. The van der Waals surface area contributed by atoms with Crippen LogP contribution in [0.3, 0.4) is 0 Å². The van der Waals surface area contributed by atoms with Crippen molar-refractivity contribution in [2.45, 2.75) is 234 Å². The van der Waals surface area contributed by atoms with Crippen molar-refractivity contribution < 1.29 is 121 Å². The van der Waals surface area contributed by atoms with Crippen molar-refractivity contribution in [3.8, 4) is 40.9 Å². The van der Waals surface area contributed by atoms with Crippen molar-refractivity contribution in [1.82, 2.24) is 21.1 Å². The molecule has 0 spiro atoms. The maximum absolute atomic E-state index is 14.6. The smallest absolute Gasteiger partial charge is 0.250 e. The predicted molar refractivity (Wildman–Crippen MR) is 405 cm³/mol. The van der Waals surface area contributed by atoms with Crippen LogP contribution in [0.1, 0.15) is 128 Å². The topological polar surface area (TPSA) is 406 Å². The fourth-order valence-corrected chi connectivity index (χ4v) is 17.4. The lowest BCUT2D eigenvalue weighted by Crippen LogP contribution is -2.65. The number of halogens is 1. The number of hydrogen-bond donors (Lipinski definition) is 10. The van der Waals surface area contributed by atoms with Crippen LogP contribution >= 0.6 is 55.9 Å². The largest absolute Gasteiger partial charge is 0.495 e. The molecule has 34 heteroatoms. The molecule has 4 saturated heterocycles. The van der Waals surface area contributed by atoms with Gasteiger partial charge in [0.25, 0.3) is 0 Å². The average molecular weight is 1680 g/mol. The Morgan fingerprint density at radius 3 is 2.23 bits per heavy atom. The monoisotopic (exact) mass is 1680 g/mol. The van der Waals surface area contributed by atoms with Gasteiger partial charge in [0.15, 0.2) is 30.3 Å². The molecule has 4 heterocycles. The molecule has 30 nitrogen and oxygen atoms in total. The lowest BCUT2D eigenvalue weighted by atomic mass is 9.75. The number of hydrazone groups is 1. The molecule has 3 amide bonds. The highest BCUT2D eigenvalue weighted by atomic mass is 127. The Hall–Kier alpha value is -5.63.